The van der Waals surface area contributed by atoms with Crippen molar-refractivity contribution in [2.75, 3.05) is 5.32 Å². The minimum Gasteiger partial charge on any atom is -0.311 e. The van der Waals surface area contributed by atoms with E-state index in [-0.39, 0.29) is 5.91 Å². The summed E-state index contributed by atoms with van der Waals surface area (Å²) >= 11 is 0. The molecule has 0 spiro atoms. The number of pyridine rings is 1. The molecule has 3 heteroatoms. The molecule has 70 valence electrons. The zero-order chi connectivity index (χ0) is 9.68. The Labute approximate surface area is 78.2 Å². The van der Waals surface area contributed by atoms with Gasteiger partial charge in [-0.3, -0.25) is 4.79 Å². The van der Waals surface area contributed by atoms with Gasteiger partial charge in [0.2, 0.25) is 5.91 Å². The number of aryl methyl sites for hydroxylation is 1. The number of aromatic nitrogens is 1. The summed E-state index contributed by atoms with van der Waals surface area (Å²) in [5, 5.41) is 2.62. The highest BCUT2D eigenvalue weighted by Gasteiger charge is 1.96. The topological polar surface area (TPSA) is 42.0 Å². The van der Waals surface area contributed by atoms with Crippen molar-refractivity contribution in [2.45, 2.75) is 26.7 Å². The summed E-state index contributed by atoms with van der Waals surface area (Å²) in [6.45, 7) is 3.60. The molecule has 3 nitrogen and oxygen atoms in total. The van der Waals surface area contributed by atoms with E-state index in [2.05, 4.69) is 17.2 Å². The van der Waals surface area contributed by atoms with Crippen LogP contribution < -0.4 is 5.32 Å². The first-order chi connectivity index (χ1) is 6.22. The molecule has 0 aromatic carbocycles. The van der Waals surface area contributed by atoms with E-state index in [4.69, 9.17) is 0 Å². The summed E-state index contributed by atoms with van der Waals surface area (Å²) in [5.74, 6) is 0.531. The van der Waals surface area contributed by atoms with Gasteiger partial charge in [0, 0.05) is 13.1 Å². The van der Waals surface area contributed by atoms with Crippen LogP contribution in [0.4, 0.5) is 5.82 Å². The summed E-state index contributed by atoms with van der Waals surface area (Å²) in [4.78, 5) is 14.8. The maximum atomic E-state index is 10.7. The fraction of sp³-hybridized carbons (Fsp3) is 0.400. The summed E-state index contributed by atoms with van der Waals surface area (Å²) < 4.78 is 0. The van der Waals surface area contributed by atoms with Crippen LogP contribution in [-0.2, 0) is 11.2 Å². The van der Waals surface area contributed by atoms with Gasteiger partial charge in [-0.15, -0.1) is 0 Å². The summed E-state index contributed by atoms with van der Waals surface area (Å²) in [6.07, 6.45) is 3.95. The maximum absolute atomic E-state index is 10.7. The smallest absolute Gasteiger partial charge is 0.222 e. The first-order valence-electron chi connectivity index (χ1n) is 4.45. The fourth-order valence-corrected chi connectivity index (χ4v) is 1.12. The van der Waals surface area contributed by atoms with Crippen molar-refractivity contribution in [3.8, 4) is 0 Å². The van der Waals surface area contributed by atoms with Crippen molar-refractivity contribution >= 4 is 11.7 Å². The molecule has 1 aromatic rings. The maximum Gasteiger partial charge on any atom is 0.222 e. The Morgan fingerprint density at radius 1 is 1.54 bits per heavy atom. The predicted molar refractivity (Wildman–Crippen MR) is 52.5 cm³/mol. The van der Waals surface area contributed by atoms with Gasteiger partial charge >= 0.3 is 0 Å². The Hall–Kier alpha value is -1.38. The fourth-order valence-electron chi connectivity index (χ4n) is 1.12. The largest absolute Gasteiger partial charge is 0.311 e. The Morgan fingerprint density at radius 2 is 2.31 bits per heavy atom. The van der Waals surface area contributed by atoms with E-state index in [0.717, 1.165) is 12.8 Å². The van der Waals surface area contributed by atoms with Crippen molar-refractivity contribution in [3.63, 3.8) is 0 Å². The van der Waals surface area contributed by atoms with Gasteiger partial charge in [-0.2, -0.15) is 0 Å². The molecule has 0 unspecified atom stereocenters. The van der Waals surface area contributed by atoms with Gasteiger partial charge in [0.25, 0.3) is 0 Å². The molecule has 0 radical (unpaired) electrons. The second kappa shape index (κ2) is 4.60. The molecule has 0 aliphatic rings. The van der Waals surface area contributed by atoms with Gasteiger partial charge in [0.1, 0.15) is 5.82 Å². The summed E-state index contributed by atoms with van der Waals surface area (Å²) in [7, 11) is 0. The van der Waals surface area contributed by atoms with E-state index in [0.29, 0.717) is 5.82 Å². The molecule has 1 aromatic heterocycles. The highest BCUT2D eigenvalue weighted by molar-refractivity contribution is 5.87. The molecule has 1 N–H and O–H groups in total. The second-order valence-corrected chi connectivity index (χ2v) is 2.98. The monoisotopic (exact) mass is 178 g/mol. The van der Waals surface area contributed by atoms with Crippen LogP contribution in [0.1, 0.15) is 25.8 Å². The first-order valence-corrected chi connectivity index (χ1v) is 4.45. The number of anilines is 1. The molecule has 1 heterocycles. The molecule has 0 atom stereocenters. The summed E-state index contributed by atoms with van der Waals surface area (Å²) in [6, 6.07) is 3.81. The highest BCUT2D eigenvalue weighted by atomic mass is 16.1. The van der Waals surface area contributed by atoms with E-state index in [1.165, 1.54) is 12.5 Å². The van der Waals surface area contributed by atoms with Crippen LogP contribution in [0.3, 0.4) is 0 Å². The van der Waals surface area contributed by atoms with E-state index in [9.17, 15) is 4.79 Å². The number of carbonyl (C=O) groups excluding carboxylic acids is 1. The van der Waals surface area contributed by atoms with Gasteiger partial charge < -0.3 is 5.32 Å². The van der Waals surface area contributed by atoms with Crippen molar-refractivity contribution in [2.24, 2.45) is 0 Å². The predicted octanol–water partition coefficient (Wildman–Crippen LogP) is 1.99. The Balaban J connectivity index is 2.64. The van der Waals surface area contributed by atoms with E-state index < -0.39 is 0 Å². The Kier molecular flexibility index (Phi) is 3.43. The normalized spacial score (nSPS) is 9.69. The van der Waals surface area contributed by atoms with Gasteiger partial charge in [0.05, 0.1) is 0 Å². The lowest BCUT2D eigenvalue weighted by atomic mass is 10.2. The lowest BCUT2D eigenvalue weighted by Gasteiger charge is -2.01. The third kappa shape index (κ3) is 3.23. The average Bonchev–Trinajstić information content (AvgIpc) is 2.08. The molecule has 1 rings (SSSR count). The number of hydrogen-bond acceptors (Lipinski definition) is 2. The van der Waals surface area contributed by atoms with Crippen molar-refractivity contribution in [1.82, 2.24) is 4.98 Å². The Morgan fingerprint density at radius 3 is 2.77 bits per heavy atom. The molecular formula is C10H14N2O. The first kappa shape index (κ1) is 9.71. The van der Waals surface area contributed by atoms with Crippen LogP contribution in [0.5, 0.6) is 0 Å². The van der Waals surface area contributed by atoms with E-state index >= 15 is 0 Å². The van der Waals surface area contributed by atoms with Gasteiger partial charge in [-0.25, -0.2) is 4.98 Å². The quantitative estimate of drug-likeness (QED) is 0.769. The molecule has 0 aliphatic heterocycles. The number of nitrogens with zero attached hydrogens (tertiary/aromatic N) is 1. The molecule has 0 bridgehead atoms. The molecule has 0 saturated heterocycles. The molecule has 0 fully saturated rings. The Bertz CT molecular complexity index is 279. The number of hydrogen-bond donors (Lipinski definition) is 1. The third-order valence-corrected chi connectivity index (χ3v) is 1.67. The van der Waals surface area contributed by atoms with E-state index in [1.807, 2.05) is 12.1 Å². The number of amides is 1. The SMILES string of the molecule is CCCc1ccc(NC(C)=O)nc1. The zero-order valence-electron chi connectivity index (χ0n) is 8.00. The van der Waals surface area contributed by atoms with Crippen LogP contribution in [0.25, 0.3) is 0 Å². The highest BCUT2D eigenvalue weighted by Crippen LogP contribution is 2.06. The molecule has 1 amide bonds. The van der Waals surface area contributed by atoms with Crippen molar-refractivity contribution in [1.29, 1.82) is 0 Å². The average molecular weight is 178 g/mol. The standard InChI is InChI=1S/C10H14N2O/c1-3-4-9-5-6-10(11-7-9)12-8(2)13/h5-7H,3-4H2,1-2H3,(H,11,12,13). The molecule has 0 saturated carbocycles. The van der Waals surface area contributed by atoms with Gasteiger partial charge in [-0.1, -0.05) is 19.4 Å². The van der Waals surface area contributed by atoms with Crippen LogP contribution in [-0.4, -0.2) is 10.9 Å². The zero-order valence-corrected chi connectivity index (χ0v) is 8.00. The van der Waals surface area contributed by atoms with Crippen LogP contribution in [0.2, 0.25) is 0 Å². The lowest BCUT2D eigenvalue weighted by Crippen LogP contribution is -2.07. The van der Waals surface area contributed by atoms with E-state index in [1.54, 1.807) is 6.20 Å². The molecular weight excluding hydrogens is 164 g/mol. The van der Waals surface area contributed by atoms with Crippen molar-refractivity contribution < 1.29 is 4.79 Å². The number of rotatable bonds is 3. The van der Waals surface area contributed by atoms with Crippen LogP contribution in [0, 0.1) is 0 Å². The molecule has 0 aliphatic carbocycles. The minimum absolute atomic E-state index is 0.0873. The molecule has 13 heavy (non-hydrogen) atoms. The van der Waals surface area contributed by atoms with Gasteiger partial charge in [0.15, 0.2) is 0 Å². The third-order valence-electron chi connectivity index (χ3n) is 1.67. The second-order valence-electron chi connectivity index (χ2n) is 2.98. The number of carbonyl (C=O) groups is 1. The lowest BCUT2D eigenvalue weighted by molar-refractivity contribution is -0.114. The van der Waals surface area contributed by atoms with Crippen molar-refractivity contribution in [3.05, 3.63) is 23.9 Å². The summed E-state index contributed by atoms with van der Waals surface area (Å²) in [5.41, 5.74) is 1.21. The van der Waals surface area contributed by atoms with Gasteiger partial charge in [-0.05, 0) is 18.1 Å². The minimum atomic E-state index is -0.0873. The number of nitrogens with one attached hydrogen (secondary N) is 1. The van der Waals surface area contributed by atoms with Crippen LogP contribution >= 0.6 is 0 Å². The van der Waals surface area contributed by atoms with Crippen LogP contribution in [0.15, 0.2) is 18.3 Å².